The third-order valence-electron chi connectivity index (χ3n) is 5.95. The Morgan fingerprint density at radius 2 is 1.72 bits per heavy atom. The summed E-state index contributed by atoms with van der Waals surface area (Å²) in [6, 6.07) is 0. The molecular formula is C16H19F5O3S. The maximum absolute atomic E-state index is 14.9. The van der Waals surface area contributed by atoms with E-state index in [2.05, 4.69) is 4.18 Å². The second kappa shape index (κ2) is 5.77. The van der Waals surface area contributed by atoms with E-state index in [-0.39, 0.29) is 31.6 Å². The van der Waals surface area contributed by atoms with E-state index in [4.69, 9.17) is 0 Å². The van der Waals surface area contributed by atoms with Crippen LogP contribution in [0.15, 0.2) is 23.3 Å². The van der Waals surface area contributed by atoms with Gasteiger partial charge in [0.2, 0.25) is 0 Å². The Balaban J connectivity index is 1.94. The molecule has 4 aliphatic rings. The molecule has 142 valence electrons. The van der Waals surface area contributed by atoms with E-state index in [9.17, 15) is 30.4 Å². The topological polar surface area (TPSA) is 43.4 Å². The van der Waals surface area contributed by atoms with E-state index in [0.29, 0.717) is 12.8 Å². The Kier molecular flexibility index (Phi) is 4.34. The fraction of sp³-hybridized carbons (Fsp3) is 0.750. The minimum Gasteiger partial charge on any atom is -0.249 e. The van der Waals surface area contributed by atoms with Gasteiger partial charge in [-0.1, -0.05) is 11.6 Å². The van der Waals surface area contributed by atoms with Gasteiger partial charge in [-0.3, -0.25) is 0 Å². The molecule has 0 amide bonds. The molecule has 4 aliphatic carbocycles. The average molecular weight is 386 g/mol. The van der Waals surface area contributed by atoms with E-state index in [1.807, 2.05) is 13.0 Å². The van der Waals surface area contributed by atoms with Crippen molar-refractivity contribution in [3.05, 3.63) is 23.3 Å². The Hall–Kier alpha value is -0.960. The highest BCUT2D eigenvalue weighted by Crippen LogP contribution is 2.63. The summed E-state index contributed by atoms with van der Waals surface area (Å²) in [5.74, 6) is -2.75. The summed E-state index contributed by atoms with van der Waals surface area (Å²) in [7, 11) is -6.00. The number of allylic oxidation sites excluding steroid dienone is 3. The van der Waals surface area contributed by atoms with E-state index >= 15 is 0 Å². The van der Waals surface area contributed by atoms with Gasteiger partial charge in [0.15, 0.2) is 5.83 Å². The molecule has 1 fully saturated rings. The number of alkyl halides is 3. The van der Waals surface area contributed by atoms with Gasteiger partial charge in [0, 0.05) is 5.41 Å². The largest absolute Gasteiger partial charge is 0.523 e. The minimum atomic E-state index is -6.00. The molecule has 1 unspecified atom stereocenters. The summed E-state index contributed by atoms with van der Waals surface area (Å²) in [4.78, 5) is 0. The Bertz CT molecular complexity index is 727. The molecule has 0 saturated heterocycles. The third-order valence-corrected chi connectivity index (χ3v) is 7.06. The van der Waals surface area contributed by atoms with Crippen LogP contribution in [0.1, 0.15) is 51.9 Å². The van der Waals surface area contributed by atoms with Crippen molar-refractivity contribution in [3.63, 3.8) is 0 Å². The summed E-state index contributed by atoms with van der Waals surface area (Å²) >= 11 is 0. The van der Waals surface area contributed by atoms with Crippen LogP contribution in [0.2, 0.25) is 0 Å². The van der Waals surface area contributed by atoms with Gasteiger partial charge in [0.05, 0.1) is 0 Å². The van der Waals surface area contributed by atoms with Crippen LogP contribution in [-0.4, -0.2) is 19.5 Å². The van der Waals surface area contributed by atoms with Crippen LogP contribution in [0.4, 0.5) is 22.0 Å². The van der Waals surface area contributed by atoms with Crippen LogP contribution in [0.3, 0.4) is 0 Å². The molecule has 1 atom stereocenters. The van der Waals surface area contributed by atoms with Crippen molar-refractivity contribution < 1.29 is 34.6 Å². The first kappa shape index (κ1) is 18.8. The van der Waals surface area contributed by atoms with E-state index in [0.717, 1.165) is 6.42 Å². The standard InChI is InChI=1S/C16H19F5O3S/c1-10-2-4-11(5-3-10)14-6-8-15(9-7-14,13(18)12(14)17)24-25(22,23)16(19,20)21/h2,11H,3-9H2,1H3. The fourth-order valence-electron chi connectivity index (χ4n) is 4.39. The summed E-state index contributed by atoms with van der Waals surface area (Å²) in [6.07, 6.45) is 3.62. The maximum atomic E-state index is 14.9. The quantitative estimate of drug-likeness (QED) is 0.295. The lowest BCUT2D eigenvalue weighted by Gasteiger charge is -2.53. The van der Waals surface area contributed by atoms with Gasteiger partial charge in [-0.2, -0.15) is 21.6 Å². The Morgan fingerprint density at radius 1 is 1.12 bits per heavy atom. The zero-order chi connectivity index (χ0) is 18.7. The van der Waals surface area contributed by atoms with Crippen molar-refractivity contribution >= 4 is 10.1 Å². The van der Waals surface area contributed by atoms with E-state index in [1.165, 1.54) is 5.57 Å². The summed E-state index contributed by atoms with van der Waals surface area (Å²) in [6.45, 7) is 1.96. The van der Waals surface area contributed by atoms with Crippen LogP contribution in [0, 0.1) is 11.3 Å². The summed E-state index contributed by atoms with van der Waals surface area (Å²) < 4.78 is 94.1. The summed E-state index contributed by atoms with van der Waals surface area (Å²) in [5.41, 5.74) is -7.91. The van der Waals surface area contributed by atoms with Gasteiger partial charge < -0.3 is 0 Å². The zero-order valence-electron chi connectivity index (χ0n) is 13.6. The Morgan fingerprint density at radius 3 is 2.20 bits per heavy atom. The molecule has 1 saturated carbocycles. The van der Waals surface area contributed by atoms with Crippen molar-refractivity contribution in [1.82, 2.24) is 0 Å². The average Bonchev–Trinajstić information content (AvgIpc) is 2.52. The number of hydrogen-bond donors (Lipinski definition) is 0. The van der Waals surface area contributed by atoms with Crippen molar-refractivity contribution in [2.75, 3.05) is 0 Å². The van der Waals surface area contributed by atoms with Crippen LogP contribution in [0.5, 0.6) is 0 Å². The first-order valence-electron chi connectivity index (χ1n) is 8.17. The second-order valence-electron chi connectivity index (χ2n) is 7.28. The monoisotopic (exact) mass is 386 g/mol. The lowest BCUT2D eigenvalue weighted by atomic mass is 9.55. The number of rotatable bonds is 3. The van der Waals surface area contributed by atoms with E-state index in [1.54, 1.807) is 0 Å². The van der Waals surface area contributed by atoms with Crippen molar-refractivity contribution in [1.29, 1.82) is 0 Å². The van der Waals surface area contributed by atoms with Crippen molar-refractivity contribution in [2.24, 2.45) is 11.3 Å². The lowest BCUT2D eigenvalue weighted by Crippen LogP contribution is -2.52. The lowest BCUT2D eigenvalue weighted by molar-refractivity contribution is -0.0856. The highest BCUT2D eigenvalue weighted by atomic mass is 32.2. The van der Waals surface area contributed by atoms with Gasteiger partial charge in [-0.15, -0.1) is 0 Å². The van der Waals surface area contributed by atoms with Gasteiger partial charge in [0.25, 0.3) is 0 Å². The molecule has 0 spiro atoms. The molecule has 0 heterocycles. The van der Waals surface area contributed by atoms with E-state index < -0.39 is 38.3 Å². The van der Waals surface area contributed by atoms with Gasteiger partial charge >= 0.3 is 15.6 Å². The van der Waals surface area contributed by atoms with Crippen molar-refractivity contribution in [3.8, 4) is 0 Å². The normalized spacial score (nSPS) is 36.6. The highest BCUT2D eigenvalue weighted by molar-refractivity contribution is 7.87. The predicted octanol–water partition coefficient (Wildman–Crippen LogP) is 5.06. The number of halogens is 5. The molecule has 3 nitrogen and oxygen atoms in total. The second-order valence-corrected chi connectivity index (χ2v) is 8.82. The molecule has 9 heteroatoms. The first-order valence-corrected chi connectivity index (χ1v) is 9.58. The van der Waals surface area contributed by atoms with Crippen LogP contribution < -0.4 is 0 Å². The van der Waals surface area contributed by atoms with Gasteiger partial charge in [-0.05, 0) is 57.8 Å². The number of fused-ring (bicyclic) bond motifs is 2. The Labute approximate surface area is 143 Å². The molecule has 0 aromatic rings. The van der Waals surface area contributed by atoms with Crippen LogP contribution in [-0.2, 0) is 14.3 Å². The molecular weight excluding hydrogens is 367 g/mol. The maximum Gasteiger partial charge on any atom is 0.523 e. The minimum absolute atomic E-state index is 0.0805. The van der Waals surface area contributed by atoms with Crippen LogP contribution >= 0.6 is 0 Å². The number of hydrogen-bond acceptors (Lipinski definition) is 3. The molecule has 0 aromatic heterocycles. The van der Waals surface area contributed by atoms with Crippen LogP contribution in [0.25, 0.3) is 0 Å². The predicted molar refractivity (Wildman–Crippen MR) is 80.0 cm³/mol. The summed E-state index contributed by atoms with van der Waals surface area (Å²) in [5, 5.41) is 0. The SMILES string of the molecule is CC1=CCC(C23CCC(OS(=O)(=O)C(F)(F)F)(CC2)C(F)=C3F)CC1. The van der Waals surface area contributed by atoms with Gasteiger partial charge in [-0.25, -0.2) is 13.0 Å². The molecule has 25 heavy (non-hydrogen) atoms. The molecule has 4 rings (SSSR count). The zero-order valence-corrected chi connectivity index (χ0v) is 14.4. The van der Waals surface area contributed by atoms with Crippen molar-refractivity contribution in [2.45, 2.75) is 63.0 Å². The first-order chi connectivity index (χ1) is 11.4. The fourth-order valence-corrected chi connectivity index (χ4v) is 5.14. The molecule has 0 radical (unpaired) electrons. The molecule has 0 aromatic carbocycles. The highest BCUT2D eigenvalue weighted by Gasteiger charge is 2.62. The third kappa shape index (κ3) is 2.83. The smallest absolute Gasteiger partial charge is 0.249 e. The molecule has 2 bridgehead atoms. The molecule has 0 N–H and O–H groups in total. The molecule has 0 aliphatic heterocycles. The van der Waals surface area contributed by atoms with Gasteiger partial charge in [0.1, 0.15) is 11.4 Å².